The SMILES string of the molecule is COc1ccc(S(=O)(=O)NCc2nc(-c3cccc(Cl)c3)no2)cc1I. The van der Waals surface area contributed by atoms with Gasteiger partial charge in [-0.05, 0) is 52.9 Å². The van der Waals surface area contributed by atoms with Crippen LogP contribution < -0.4 is 9.46 Å². The molecule has 0 aliphatic carbocycles. The number of nitrogens with one attached hydrogen (secondary N) is 1. The van der Waals surface area contributed by atoms with Crippen LogP contribution in [0.2, 0.25) is 5.02 Å². The minimum absolute atomic E-state index is 0.122. The Morgan fingerprint density at radius 1 is 1.27 bits per heavy atom. The fourth-order valence-corrected chi connectivity index (χ4v) is 4.26. The van der Waals surface area contributed by atoms with Crippen molar-refractivity contribution < 1.29 is 17.7 Å². The molecule has 3 rings (SSSR count). The minimum Gasteiger partial charge on any atom is -0.496 e. The van der Waals surface area contributed by atoms with E-state index in [0.717, 1.165) is 0 Å². The van der Waals surface area contributed by atoms with Gasteiger partial charge in [0.1, 0.15) is 5.75 Å². The summed E-state index contributed by atoms with van der Waals surface area (Å²) < 4.78 is 38.2. The molecular weight excluding hydrogens is 493 g/mol. The Morgan fingerprint density at radius 3 is 2.77 bits per heavy atom. The lowest BCUT2D eigenvalue weighted by atomic mass is 10.2. The highest BCUT2D eigenvalue weighted by Crippen LogP contribution is 2.24. The quantitative estimate of drug-likeness (QED) is 0.516. The van der Waals surface area contributed by atoms with E-state index < -0.39 is 10.0 Å². The summed E-state index contributed by atoms with van der Waals surface area (Å²) in [6.45, 7) is -0.126. The molecule has 10 heteroatoms. The molecule has 3 aromatic rings. The van der Waals surface area contributed by atoms with Gasteiger partial charge in [0.15, 0.2) is 0 Å². The molecule has 0 bridgehead atoms. The van der Waals surface area contributed by atoms with Crippen molar-refractivity contribution >= 4 is 44.2 Å². The fourth-order valence-electron chi connectivity index (χ4n) is 2.13. The lowest BCUT2D eigenvalue weighted by Gasteiger charge is -2.07. The van der Waals surface area contributed by atoms with Gasteiger partial charge in [0.05, 0.1) is 22.1 Å². The topological polar surface area (TPSA) is 94.3 Å². The van der Waals surface area contributed by atoms with Crippen molar-refractivity contribution in [1.82, 2.24) is 14.9 Å². The summed E-state index contributed by atoms with van der Waals surface area (Å²) in [5.41, 5.74) is 0.681. The highest BCUT2D eigenvalue weighted by molar-refractivity contribution is 14.1. The van der Waals surface area contributed by atoms with E-state index in [1.807, 2.05) is 22.6 Å². The molecule has 0 spiro atoms. The highest BCUT2D eigenvalue weighted by atomic mass is 127. The first kappa shape index (κ1) is 19.1. The van der Waals surface area contributed by atoms with E-state index in [1.54, 1.807) is 30.3 Å². The summed E-state index contributed by atoms with van der Waals surface area (Å²) in [7, 11) is -2.20. The largest absolute Gasteiger partial charge is 0.496 e. The van der Waals surface area contributed by atoms with Gasteiger partial charge < -0.3 is 9.26 Å². The van der Waals surface area contributed by atoms with E-state index in [2.05, 4.69) is 14.9 Å². The molecule has 0 fully saturated rings. The van der Waals surface area contributed by atoms with Crippen molar-refractivity contribution in [3.05, 3.63) is 56.9 Å². The zero-order valence-corrected chi connectivity index (χ0v) is 17.2. The van der Waals surface area contributed by atoms with Gasteiger partial charge >= 0.3 is 0 Å². The normalized spacial score (nSPS) is 11.5. The molecule has 0 aliphatic rings. The van der Waals surface area contributed by atoms with Crippen LogP contribution in [0, 0.1) is 3.57 Å². The predicted molar refractivity (Wildman–Crippen MR) is 104 cm³/mol. The standard InChI is InChI=1S/C16H13ClIN3O4S/c1-24-14-6-5-12(8-13(14)18)26(22,23)19-9-15-20-16(21-25-15)10-3-2-4-11(17)7-10/h2-8,19H,9H2,1H3. The maximum absolute atomic E-state index is 12.4. The average Bonchev–Trinajstić information content (AvgIpc) is 3.09. The first-order chi connectivity index (χ1) is 12.4. The minimum atomic E-state index is -3.73. The summed E-state index contributed by atoms with van der Waals surface area (Å²) in [6.07, 6.45) is 0. The molecule has 2 aromatic carbocycles. The van der Waals surface area contributed by atoms with E-state index in [9.17, 15) is 8.42 Å². The van der Waals surface area contributed by atoms with Crippen LogP contribution in [0.1, 0.15) is 5.89 Å². The lowest BCUT2D eigenvalue weighted by molar-refractivity contribution is 0.376. The Labute approximate surface area is 168 Å². The molecule has 1 N–H and O–H groups in total. The van der Waals surface area contributed by atoms with Gasteiger partial charge in [-0.15, -0.1) is 0 Å². The number of aromatic nitrogens is 2. The number of nitrogens with zero attached hydrogens (tertiary/aromatic N) is 2. The second kappa shape index (κ2) is 7.91. The van der Waals surface area contributed by atoms with Crippen molar-refractivity contribution in [2.75, 3.05) is 7.11 Å². The maximum atomic E-state index is 12.4. The van der Waals surface area contributed by atoms with Gasteiger partial charge in [0, 0.05) is 10.6 Å². The number of benzene rings is 2. The van der Waals surface area contributed by atoms with Crippen LogP contribution in [0.3, 0.4) is 0 Å². The Kier molecular flexibility index (Phi) is 5.80. The molecule has 0 atom stereocenters. The van der Waals surface area contributed by atoms with Gasteiger partial charge in [0.25, 0.3) is 0 Å². The molecule has 0 amide bonds. The van der Waals surface area contributed by atoms with E-state index >= 15 is 0 Å². The van der Waals surface area contributed by atoms with Gasteiger partial charge in [-0.3, -0.25) is 0 Å². The van der Waals surface area contributed by atoms with Crippen molar-refractivity contribution in [2.24, 2.45) is 0 Å². The van der Waals surface area contributed by atoms with Crippen LogP contribution in [-0.2, 0) is 16.6 Å². The van der Waals surface area contributed by atoms with Crippen LogP contribution in [0.4, 0.5) is 0 Å². The number of halogens is 2. The number of methoxy groups -OCH3 is 1. The van der Waals surface area contributed by atoms with E-state index in [4.69, 9.17) is 20.9 Å². The number of sulfonamides is 1. The number of ether oxygens (including phenoxy) is 1. The van der Waals surface area contributed by atoms with E-state index in [0.29, 0.717) is 25.7 Å². The van der Waals surface area contributed by atoms with Crippen LogP contribution in [-0.4, -0.2) is 25.7 Å². The molecule has 1 heterocycles. The van der Waals surface area contributed by atoms with Gasteiger partial charge in [-0.1, -0.05) is 28.9 Å². The molecule has 7 nitrogen and oxygen atoms in total. The summed E-state index contributed by atoms with van der Waals surface area (Å²) in [4.78, 5) is 4.30. The second-order valence-corrected chi connectivity index (χ2v) is 8.51. The van der Waals surface area contributed by atoms with Gasteiger partial charge in [-0.25, -0.2) is 13.1 Å². The molecule has 0 radical (unpaired) electrons. The third-order valence-electron chi connectivity index (χ3n) is 3.40. The van der Waals surface area contributed by atoms with Gasteiger partial charge in [-0.2, -0.15) is 4.98 Å². The Hall–Kier alpha value is -1.69. The number of rotatable bonds is 6. The molecule has 0 saturated carbocycles. The van der Waals surface area contributed by atoms with Crippen molar-refractivity contribution in [3.8, 4) is 17.1 Å². The third-order valence-corrected chi connectivity index (χ3v) is 5.87. The molecule has 0 saturated heterocycles. The highest BCUT2D eigenvalue weighted by Gasteiger charge is 2.18. The molecule has 1 aromatic heterocycles. The Balaban J connectivity index is 1.73. The van der Waals surface area contributed by atoms with Crippen LogP contribution in [0.5, 0.6) is 5.75 Å². The maximum Gasteiger partial charge on any atom is 0.242 e. The van der Waals surface area contributed by atoms with Crippen LogP contribution >= 0.6 is 34.2 Å². The summed E-state index contributed by atoms with van der Waals surface area (Å²) in [5, 5.41) is 4.39. The van der Waals surface area contributed by atoms with Crippen molar-refractivity contribution in [2.45, 2.75) is 11.4 Å². The van der Waals surface area contributed by atoms with Crippen molar-refractivity contribution in [3.63, 3.8) is 0 Å². The monoisotopic (exact) mass is 505 g/mol. The van der Waals surface area contributed by atoms with Crippen LogP contribution in [0.25, 0.3) is 11.4 Å². The number of hydrogen-bond donors (Lipinski definition) is 1. The zero-order valence-electron chi connectivity index (χ0n) is 13.4. The van der Waals surface area contributed by atoms with E-state index in [1.165, 1.54) is 19.2 Å². The lowest BCUT2D eigenvalue weighted by Crippen LogP contribution is -2.23. The smallest absolute Gasteiger partial charge is 0.242 e. The van der Waals surface area contributed by atoms with E-state index in [-0.39, 0.29) is 17.3 Å². The molecular formula is C16H13ClIN3O4S. The molecule has 0 aliphatic heterocycles. The first-order valence-corrected chi connectivity index (χ1v) is 10.2. The Morgan fingerprint density at radius 2 is 2.08 bits per heavy atom. The molecule has 0 unspecified atom stereocenters. The summed E-state index contributed by atoms with van der Waals surface area (Å²) in [6, 6.07) is 11.6. The molecule has 136 valence electrons. The number of hydrogen-bond acceptors (Lipinski definition) is 6. The average molecular weight is 506 g/mol. The first-order valence-electron chi connectivity index (χ1n) is 7.31. The summed E-state index contributed by atoms with van der Waals surface area (Å²) in [5.74, 6) is 1.08. The Bertz CT molecular complexity index is 1040. The van der Waals surface area contributed by atoms with Gasteiger partial charge in [0.2, 0.25) is 21.7 Å². The fraction of sp³-hybridized carbons (Fsp3) is 0.125. The summed E-state index contributed by atoms with van der Waals surface area (Å²) >= 11 is 7.95. The third kappa shape index (κ3) is 4.34. The molecule has 26 heavy (non-hydrogen) atoms. The van der Waals surface area contributed by atoms with Crippen molar-refractivity contribution in [1.29, 1.82) is 0 Å². The zero-order chi connectivity index (χ0) is 18.7. The van der Waals surface area contributed by atoms with Crippen LogP contribution in [0.15, 0.2) is 51.9 Å². The predicted octanol–water partition coefficient (Wildman–Crippen LogP) is 3.48. The second-order valence-electron chi connectivity index (χ2n) is 5.14.